The van der Waals surface area contributed by atoms with Crippen LogP contribution in [0.4, 0.5) is 5.69 Å². The van der Waals surface area contributed by atoms with Crippen molar-refractivity contribution in [2.45, 2.75) is 69.9 Å². The molecule has 2 aromatic rings. The minimum Gasteiger partial charge on any atom is -0.497 e. The van der Waals surface area contributed by atoms with Gasteiger partial charge in [-0.05, 0) is 67.1 Å². The summed E-state index contributed by atoms with van der Waals surface area (Å²) in [6.45, 7) is 0.576. The van der Waals surface area contributed by atoms with Gasteiger partial charge in [-0.2, -0.15) is 0 Å². The molecule has 2 fully saturated rings. The van der Waals surface area contributed by atoms with Crippen molar-refractivity contribution in [2.75, 3.05) is 26.1 Å². The Morgan fingerprint density at radius 1 is 0.868 bits per heavy atom. The van der Waals surface area contributed by atoms with E-state index in [0.29, 0.717) is 48.1 Å². The number of nitrogens with zero attached hydrogens (tertiary/aromatic N) is 1. The number of amides is 3. The summed E-state index contributed by atoms with van der Waals surface area (Å²) in [6, 6.07) is 12.5. The fraction of sp³-hybridized carbons (Fsp3) is 0.500. The van der Waals surface area contributed by atoms with Crippen LogP contribution >= 0.6 is 0 Å². The van der Waals surface area contributed by atoms with E-state index in [1.165, 1.54) is 32.1 Å². The Labute approximate surface area is 225 Å². The number of hydrogen-bond acceptors (Lipinski definition) is 5. The molecular formula is C30H39N3O5. The highest BCUT2D eigenvalue weighted by Gasteiger charge is 2.36. The molecule has 2 aliphatic rings. The number of hydrogen-bond donors (Lipinski definition) is 2. The van der Waals surface area contributed by atoms with E-state index in [9.17, 15) is 14.4 Å². The third kappa shape index (κ3) is 7.05. The number of methoxy groups -OCH3 is 2. The summed E-state index contributed by atoms with van der Waals surface area (Å²) in [5.41, 5.74) is 1.21. The lowest BCUT2D eigenvalue weighted by Crippen LogP contribution is -2.48. The first-order chi connectivity index (χ1) is 18.5. The molecule has 204 valence electrons. The number of carbonyl (C=O) groups is 3. The highest BCUT2D eigenvalue weighted by Crippen LogP contribution is 2.29. The predicted molar refractivity (Wildman–Crippen MR) is 146 cm³/mol. The second kappa shape index (κ2) is 13.3. The molecule has 0 radical (unpaired) electrons. The topological polar surface area (TPSA) is 97.0 Å². The molecule has 0 unspecified atom stereocenters. The van der Waals surface area contributed by atoms with Crippen LogP contribution in [0.3, 0.4) is 0 Å². The maximum absolute atomic E-state index is 13.5. The predicted octanol–water partition coefficient (Wildman–Crippen LogP) is 4.85. The molecule has 1 saturated heterocycles. The van der Waals surface area contributed by atoms with E-state index in [1.54, 1.807) is 67.7 Å². The van der Waals surface area contributed by atoms with Gasteiger partial charge in [-0.15, -0.1) is 0 Å². The summed E-state index contributed by atoms with van der Waals surface area (Å²) >= 11 is 0. The third-order valence-corrected chi connectivity index (χ3v) is 7.72. The zero-order valence-corrected chi connectivity index (χ0v) is 22.4. The average molecular weight is 522 g/mol. The molecular weight excluding hydrogens is 482 g/mol. The largest absolute Gasteiger partial charge is 0.497 e. The van der Waals surface area contributed by atoms with Crippen molar-refractivity contribution in [2.24, 2.45) is 5.92 Å². The molecule has 2 N–H and O–H groups in total. The normalized spacial score (nSPS) is 18.5. The fourth-order valence-corrected chi connectivity index (χ4v) is 5.51. The van der Waals surface area contributed by atoms with Gasteiger partial charge < -0.3 is 25.0 Å². The van der Waals surface area contributed by atoms with Crippen LogP contribution in [-0.4, -0.2) is 49.4 Å². The summed E-state index contributed by atoms with van der Waals surface area (Å²) < 4.78 is 10.4. The SMILES string of the molecule is COc1ccc(NC(=O)[C@@H](NC(=O)[C@@H]2CCCN2C(=O)CCC2CCCCC2)c2ccc(OC)cc2)cc1. The van der Waals surface area contributed by atoms with Crippen LogP contribution in [-0.2, 0) is 14.4 Å². The van der Waals surface area contributed by atoms with Gasteiger partial charge in [0.1, 0.15) is 23.6 Å². The van der Waals surface area contributed by atoms with Crippen molar-refractivity contribution in [3.63, 3.8) is 0 Å². The minimum absolute atomic E-state index is 0.0388. The van der Waals surface area contributed by atoms with Crippen molar-refractivity contribution >= 4 is 23.4 Å². The Bertz CT molecular complexity index is 1080. The maximum Gasteiger partial charge on any atom is 0.251 e. The standard InChI is InChI=1S/C30H39N3O5/c1-37-24-15-11-22(12-16-24)28(30(36)31-23-13-17-25(38-2)18-14-23)32-29(35)26-9-6-20-33(26)27(34)19-10-21-7-4-3-5-8-21/h11-18,21,26,28H,3-10,19-20H2,1-2H3,(H,31,36)(H,32,35)/t26-,28-/m0/s1. The van der Waals surface area contributed by atoms with Gasteiger partial charge in [-0.25, -0.2) is 0 Å². The number of likely N-dealkylation sites (tertiary alicyclic amines) is 1. The van der Waals surface area contributed by atoms with Gasteiger partial charge in [-0.3, -0.25) is 14.4 Å². The first-order valence-electron chi connectivity index (χ1n) is 13.7. The van der Waals surface area contributed by atoms with Crippen LogP contribution in [0.15, 0.2) is 48.5 Å². The van der Waals surface area contributed by atoms with Crippen molar-refractivity contribution in [1.82, 2.24) is 10.2 Å². The first kappa shape index (κ1) is 27.5. The van der Waals surface area contributed by atoms with Crippen LogP contribution < -0.4 is 20.1 Å². The molecule has 2 aromatic carbocycles. The molecule has 0 aromatic heterocycles. The molecule has 38 heavy (non-hydrogen) atoms. The lowest BCUT2D eigenvalue weighted by molar-refractivity contribution is -0.139. The second-order valence-corrected chi connectivity index (χ2v) is 10.2. The van der Waals surface area contributed by atoms with E-state index < -0.39 is 12.1 Å². The summed E-state index contributed by atoms with van der Waals surface area (Å²) in [7, 11) is 3.15. The van der Waals surface area contributed by atoms with E-state index in [-0.39, 0.29) is 17.7 Å². The van der Waals surface area contributed by atoms with E-state index in [2.05, 4.69) is 10.6 Å². The van der Waals surface area contributed by atoms with Gasteiger partial charge >= 0.3 is 0 Å². The molecule has 2 atom stereocenters. The Balaban J connectivity index is 1.45. The first-order valence-corrected chi connectivity index (χ1v) is 13.7. The molecule has 8 heteroatoms. The Morgan fingerprint density at radius 2 is 1.50 bits per heavy atom. The van der Waals surface area contributed by atoms with Crippen molar-refractivity contribution in [3.8, 4) is 11.5 Å². The number of nitrogens with one attached hydrogen (secondary N) is 2. The highest BCUT2D eigenvalue weighted by atomic mass is 16.5. The van der Waals surface area contributed by atoms with Crippen LogP contribution in [0.2, 0.25) is 0 Å². The van der Waals surface area contributed by atoms with Crippen molar-refractivity contribution < 1.29 is 23.9 Å². The molecule has 8 nitrogen and oxygen atoms in total. The van der Waals surface area contributed by atoms with Crippen LogP contribution in [0.1, 0.15) is 69.4 Å². The minimum atomic E-state index is -0.935. The van der Waals surface area contributed by atoms with Gasteiger partial charge in [0.2, 0.25) is 11.8 Å². The van der Waals surface area contributed by atoms with E-state index in [0.717, 1.165) is 12.8 Å². The van der Waals surface area contributed by atoms with Crippen molar-refractivity contribution in [3.05, 3.63) is 54.1 Å². The monoisotopic (exact) mass is 521 g/mol. The van der Waals surface area contributed by atoms with Crippen LogP contribution in [0.25, 0.3) is 0 Å². The summed E-state index contributed by atoms with van der Waals surface area (Å²) in [6.07, 6.45) is 8.93. The van der Waals surface area contributed by atoms with Gasteiger partial charge in [0.25, 0.3) is 5.91 Å². The molecule has 3 amide bonds. The number of ether oxygens (including phenoxy) is 2. The number of benzene rings is 2. The van der Waals surface area contributed by atoms with Crippen LogP contribution in [0.5, 0.6) is 11.5 Å². The van der Waals surface area contributed by atoms with Gasteiger partial charge in [-0.1, -0.05) is 44.2 Å². The second-order valence-electron chi connectivity index (χ2n) is 10.2. The Morgan fingerprint density at radius 3 is 2.13 bits per heavy atom. The van der Waals surface area contributed by atoms with E-state index in [4.69, 9.17) is 9.47 Å². The quantitative estimate of drug-likeness (QED) is 0.466. The summed E-state index contributed by atoms with van der Waals surface area (Å²) in [5.74, 6) is 1.30. The smallest absolute Gasteiger partial charge is 0.251 e. The Hall–Kier alpha value is -3.55. The highest BCUT2D eigenvalue weighted by molar-refractivity contribution is 5.99. The molecule has 1 heterocycles. The molecule has 1 aliphatic heterocycles. The third-order valence-electron chi connectivity index (χ3n) is 7.72. The number of rotatable bonds is 10. The number of carbonyl (C=O) groups excluding carboxylic acids is 3. The summed E-state index contributed by atoms with van der Waals surface area (Å²) in [5, 5.41) is 5.82. The zero-order chi connectivity index (χ0) is 26.9. The lowest BCUT2D eigenvalue weighted by Gasteiger charge is -2.28. The van der Waals surface area contributed by atoms with Crippen LogP contribution in [0, 0.1) is 5.92 Å². The lowest BCUT2D eigenvalue weighted by atomic mass is 9.86. The van der Waals surface area contributed by atoms with Crippen molar-refractivity contribution in [1.29, 1.82) is 0 Å². The average Bonchev–Trinajstić information content (AvgIpc) is 3.46. The Kier molecular flexibility index (Phi) is 9.62. The fourth-order valence-electron chi connectivity index (χ4n) is 5.51. The zero-order valence-electron chi connectivity index (χ0n) is 22.4. The van der Waals surface area contributed by atoms with Gasteiger partial charge in [0.15, 0.2) is 0 Å². The molecule has 0 bridgehead atoms. The van der Waals surface area contributed by atoms with E-state index in [1.807, 2.05) is 0 Å². The maximum atomic E-state index is 13.5. The molecule has 4 rings (SSSR count). The van der Waals surface area contributed by atoms with Gasteiger partial charge in [0, 0.05) is 18.7 Å². The number of anilines is 1. The van der Waals surface area contributed by atoms with Gasteiger partial charge in [0.05, 0.1) is 14.2 Å². The molecule has 1 aliphatic carbocycles. The molecule has 1 saturated carbocycles. The molecule has 0 spiro atoms. The summed E-state index contributed by atoms with van der Waals surface area (Å²) in [4.78, 5) is 41.7. The van der Waals surface area contributed by atoms with E-state index >= 15 is 0 Å².